The van der Waals surface area contributed by atoms with E-state index in [2.05, 4.69) is 21.4 Å². The van der Waals surface area contributed by atoms with Gasteiger partial charge in [-0.15, -0.1) is 0 Å². The third-order valence-electron chi connectivity index (χ3n) is 5.88. The Bertz CT molecular complexity index is 1450. The van der Waals surface area contributed by atoms with Gasteiger partial charge in [-0.1, -0.05) is 19.9 Å². The molecule has 2 N–H and O–H groups in total. The summed E-state index contributed by atoms with van der Waals surface area (Å²) in [7, 11) is 0. The van der Waals surface area contributed by atoms with Crippen LogP contribution in [0.25, 0.3) is 22.2 Å². The molecule has 0 saturated carbocycles. The summed E-state index contributed by atoms with van der Waals surface area (Å²) in [6.45, 7) is 6.83. The number of aryl methyl sites for hydroxylation is 1. The normalized spacial score (nSPS) is 11.1. The van der Waals surface area contributed by atoms with E-state index < -0.39 is 5.97 Å². The highest BCUT2D eigenvalue weighted by molar-refractivity contribution is 5.90. The molecule has 0 unspecified atom stereocenters. The molecule has 7 nitrogen and oxygen atoms in total. The topological polar surface area (TPSA) is 104 Å². The molecule has 0 spiro atoms. The lowest BCUT2D eigenvalue weighted by atomic mass is 9.95. The smallest absolute Gasteiger partial charge is 0.335 e. The molecule has 0 fully saturated rings. The maximum absolute atomic E-state index is 14.0. The van der Waals surface area contributed by atoms with Crippen LogP contribution >= 0.6 is 0 Å². The summed E-state index contributed by atoms with van der Waals surface area (Å²) in [6.07, 6.45) is 2.10. The minimum Gasteiger partial charge on any atom is -0.478 e. The van der Waals surface area contributed by atoms with Crippen LogP contribution in [-0.4, -0.2) is 32.2 Å². The number of aromatic nitrogens is 3. The van der Waals surface area contributed by atoms with Crippen molar-refractivity contribution in [3.8, 4) is 17.3 Å². The number of carboxylic acids is 1. The van der Waals surface area contributed by atoms with Crippen LogP contribution in [0.4, 0.5) is 10.2 Å². The first-order valence-corrected chi connectivity index (χ1v) is 11.4. The Morgan fingerprint density at radius 3 is 2.71 bits per heavy atom. The molecule has 0 aliphatic heterocycles. The van der Waals surface area contributed by atoms with Gasteiger partial charge >= 0.3 is 5.97 Å². The average molecular weight is 472 g/mol. The van der Waals surface area contributed by atoms with Crippen molar-refractivity contribution in [3.63, 3.8) is 0 Å². The summed E-state index contributed by atoms with van der Waals surface area (Å²) in [4.78, 5) is 20.3. The first-order valence-electron chi connectivity index (χ1n) is 11.4. The highest BCUT2D eigenvalue weighted by Crippen LogP contribution is 2.26. The standard InChI is InChI=1S/C27H26FN5O2/c1-16(2)8-19-10-18(4-5-22(19)27(34)35)24-13-26(32-15-31-24)30-6-7-33-21(14-29)12-23-17(3)9-20(28)11-25(23)33/h4-5,9-13,15-16H,6-8H2,1-3H3,(H,34,35)(H,30,31,32). The van der Waals surface area contributed by atoms with Gasteiger partial charge < -0.3 is 15.0 Å². The number of hydrogen-bond donors (Lipinski definition) is 2. The summed E-state index contributed by atoms with van der Waals surface area (Å²) in [6, 6.07) is 13.9. The monoisotopic (exact) mass is 471 g/mol. The maximum Gasteiger partial charge on any atom is 0.335 e. The Morgan fingerprint density at radius 1 is 1.20 bits per heavy atom. The lowest BCUT2D eigenvalue weighted by molar-refractivity contribution is 0.0695. The van der Waals surface area contributed by atoms with Crippen molar-refractivity contribution in [1.82, 2.24) is 14.5 Å². The SMILES string of the molecule is Cc1cc(F)cc2c1cc(C#N)n2CCNc1cc(-c2ccc(C(=O)O)c(CC(C)C)c2)ncn1. The van der Waals surface area contributed by atoms with E-state index in [0.29, 0.717) is 53.7 Å². The summed E-state index contributed by atoms with van der Waals surface area (Å²) >= 11 is 0. The van der Waals surface area contributed by atoms with Crippen molar-refractivity contribution in [3.05, 3.63) is 77.0 Å². The lowest BCUT2D eigenvalue weighted by Crippen LogP contribution is -2.12. The molecule has 0 radical (unpaired) electrons. The van der Waals surface area contributed by atoms with E-state index in [4.69, 9.17) is 0 Å². The van der Waals surface area contributed by atoms with Crippen molar-refractivity contribution >= 4 is 22.7 Å². The van der Waals surface area contributed by atoms with Crippen molar-refractivity contribution in [2.45, 2.75) is 33.7 Å². The quantitative estimate of drug-likeness (QED) is 0.355. The minimum absolute atomic E-state index is 0.300. The molecule has 0 bridgehead atoms. The minimum atomic E-state index is -0.943. The Balaban J connectivity index is 1.55. The highest BCUT2D eigenvalue weighted by atomic mass is 19.1. The van der Waals surface area contributed by atoms with Crippen LogP contribution in [0.3, 0.4) is 0 Å². The van der Waals surface area contributed by atoms with Gasteiger partial charge in [-0.25, -0.2) is 19.2 Å². The molecule has 2 aromatic heterocycles. The largest absolute Gasteiger partial charge is 0.478 e. The first kappa shape index (κ1) is 23.9. The molecule has 2 aromatic carbocycles. The van der Waals surface area contributed by atoms with Gasteiger partial charge in [0.15, 0.2) is 0 Å². The number of aromatic carboxylic acids is 1. The fourth-order valence-electron chi connectivity index (χ4n) is 4.30. The summed E-state index contributed by atoms with van der Waals surface area (Å²) in [5.41, 5.74) is 4.49. The van der Waals surface area contributed by atoms with E-state index in [1.807, 2.05) is 26.8 Å². The van der Waals surface area contributed by atoms with Crippen LogP contribution in [0.15, 0.2) is 48.8 Å². The second kappa shape index (κ2) is 9.94. The molecular formula is C27H26FN5O2. The Labute approximate surface area is 202 Å². The molecule has 0 saturated heterocycles. The van der Waals surface area contributed by atoms with Gasteiger partial charge in [0.05, 0.1) is 16.8 Å². The van der Waals surface area contributed by atoms with E-state index in [-0.39, 0.29) is 5.82 Å². The van der Waals surface area contributed by atoms with Crippen LogP contribution in [0.1, 0.15) is 41.0 Å². The summed E-state index contributed by atoms with van der Waals surface area (Å²) in [5.74, 6) is -0.369. The Kier molecular flexibility index (Phi) is 6.78. The third kappa shape index (κ3) is 5.14. The second-order valence-electron chi connectivity index (χ2n) is 8.94. The number of rotatable bonds is 8. The van der Waals surface area contributed by atoms with Gasteiger partial charge in [-0.3, -0.25) is 0 Å². The zero-order chi connectivity index (χ0) is 25.1. The second-order valence-corrected chi connectivity index (χ2v) is 8.94. The van der Waals surface area contributed by atoms with Crippen LogP contribution < -0.4 is 5.32 Å². The fourth-order valence-corrected chi connectivity index (χ4v) is 4.30. The number of fused-ring (bicyclic) bond motifs is 1. The third-order valence-corrected chi connectivity index (χ3v) is 5.88. The van der Waals surface area contributed by atoms with Gasteiger partial charge in [-0.2, -0.15) is 5.26 Å². The molecule has 0 atom stereocenters. The number of nitrogens with one attached hydrogen (secondary N) is 1. The van der Waals surface area contributed by atoms with E-state index in [0.717, 1.165) is 22.1 Å². The summed E-state index contributed by atoms with van der Waals surface area (Å²) in [5, 5.41) is 23.2. The molecule has 4 aromatic rings. The number of hydrogen-bond acceptors (Lipinski definition) is 5. The number of nitrogens with zero attached hydrogens (tertiary/aromatic N) is 4. The van der Waals surface area contributed by atoms with Crippen LogP contribution in [-0.2, 0) is 13.0 Å². The van der Waals surface area contributed by atoms with E-state index in [1.54, 1.807) is 28.8 Å². The molecule has 8 heteroatoms. The number of anilines is 1. The Hall–Kier alpha value is -4.25. The number of halogens is 1. The highest BCUT2D eigenvalue weighted by Gasteiger charge is 2.14. The molecule has 4 rings (SSSR count). The Morgan fingerprint density at radius 2 is 2.00 bits per heavy atom. The lowest BCUT2D eigenvalue weighted by Gasteiger charge is -2.12. The molecule has 0 aliphatic carbocycles. The van der Waals surface area contributed by atoms with E-state index >= 15 is 0 Å². The van der Waals surface area contributed by atoms with Crippen LogP contribution in [0.2, 0.25) is 0 Å². The van der Waals surface area contributed by atoms with Crippen molar-refractivity contribution in [2.75, 3.05) is 11.9 Å². The predicted octanol–water partition coefficient (Wildman–Crippen LogP) is 5.43. The molecule has 178 valence electrons. The van der Waals surface area contributed by atoms with E-state index in [1.165, 1.54) is 18.5 Å². The van der Waals surface area contributed by atoms with Crippen molar-refractivity contribution in [1.29, 1.82) is 5.26 Å². The average Bonchev–Trinajstić information content (AvgIpc) is 3.16. The zero-order valence-electron chi connectivity index (χ0n) is 19.8. The number of benzene rings is 2. The number of nitriles is 1. The van der Waals surface area contributed by atoms with E-state index in [9.17, 15) is 19.6 Å². The van der Waals surface area contributed by atoms with Crippen LogP contribution in [0.5, 0.6) is 0 Å². The molecular weight excluding hydrogens is 445 g/mol. The molecule has 0 aliphatic rings. The summed E-state index contributed by atoms with van der Waals surface area (Å²) < 4.78 is 15.8. The van der Waals surface area contributed by atoms with Gasteiger partial charge in [-0.05, 0) is 60.7 Å². The van der Waals surface area contributed by atoms with Crippen molar-refractivity contribution in [2.24, 2.45) is 5.92 Å². The maximum atomic E-state index is 14.0. The predicted molar refractivity (Wildman–Crippen MR) is 133 cm³/mol. The van der Waals surface area contributed by atoms with Crippen molar-refractivity contribution < 1.29 is 14.3 Å². The number of carbonyl (C=O) groups is 1. The fraction of sp³-hybridized carbons (Fsp3) is 0.259. The molecule has 0 amide bonds. The van der Waals surface area contributed by atoms with Gasteiger partial charge in [0.25, 0.3) is 0 Å². The van der Waals surface area contributed by atoms with Gasteiger partial charge in [0, 0.05) is 30.1 Å². The van der Waals surface area contributed by atoms with Crippen LogP contribution in [0, 0.1) is 30.0 Å². The molecule has 2 heterocycles. The van der Waals surface area contributed by atoms with Gasteiger partial charge in [0.1, 0.15) is 29.7 Å². The molecule has 35 heavy (non-hydrogen) atoms. The zero-order valence-corrected chi connectivity index (χ0v) is 19.8. The van der Waals surface area contributed by atoms with Gasteiger partial charge in [0.2, 0.25) is 0 Å². The first-order chi connectivity index (χ1) is 16.8. The number of carboxylic acid groups (broad SMARTS) is 1.